The minimum absolute atomic E-state index is 0.0557. The molecule has 1 aromatic carbocycles. The number of alkyl halides is 1. The van der Waals surface area contributed by atoms with Crippen molar-refractivity contribution in [2.24, 2.45) is 0 Å². The summed E-state index contributed by atoms with van der Waals surface area (Å²) in [5.41, 5.74) is 1.58. The Balaban J connectivity index is 3.28. The van der Waals surface area contributed by atoms with Crippen LogP contribution in [0.3, 0.4) is 0 Å². The molecule has 3 heteroatoms. The second-order valence-corrected chi connectivity index (χ2v) is 5.80. The third-order valence-corrected chi connectivity index (χ3v) is 2.85. The van der Waals surface area contributed by atoms with E-state index in [-0.39, 0.29) is 11.2 Å². The third-order valence-electron chi connectivity index (χ3n) is 2.65. The summed E-state index contributed by atoms with van der Waals surface area (Å²) in [4.78, 5) is 11.9. The molecule has 0 heterocycles. The van der Waals surface area contributed by atoms with Gasteiger partial charge in [0.2, 0.25) is 0 Å². The third kappa shape index (κ3) is 3.22. The molecule has 17 heavy (non-hydrogen) atoms. The van der Waals surface area contributed by atoms with Crippen molar-refractivity contribution in [2.45, 2.75) is 38.5 Å². The highest BCUT2D eigenvalue weighted by molar-refractivity contribution is 6.33. The Morgan fingerprint density at radius 1 is 1.35 bits per heavy atom. The van der Waals surface area contributed by atoms with E-state index in [4.69, 9.17) is 16.3 Å². The maximum absolute atomic E-state index is 11.9. The number of carbonyl (C=O) groups is 1. The lowest BCUT2D eigenvalue weighted by Gasteiger charge is -2.22. The second-order valence-electron chi connectivity index (χ2n) is 5.15. The van der Waals surface area contributed by atoms with Crippen LogP contribution >= 0.6 is 11.6 Å². The molecule has 0 bridgehead atoms. The van der Waals surface area contributed by atoms with Crippen LogP contribution in [0.2, 0.25) is 0 Å². The normalized spacial score (nSPS) is 13.3. The van der Waals surface area contributed by atoms with Crippen LogP contribution in [-0.4, -0.2) is 18.3 Å². The first-order valence-electron chi connectivity index (χ1n) is 5.64. The van der Waals surface area contributed by atoms with Gasteiger partial charge in [0.25, 0.3) is 0 Å². The summed E-state index contributed by atoms with van der Waals surface area (Å²) in [7, 11) is 1.64. The highest BCUT2D eigenvalue weighted by Crippen LogP contribution is 2.32. The van der Waals surface area contributed by atoms with Gasteiger partial charge in [0.15, 0.2) is 5.78 Å². The Bertz CT molecular complexity index is 417. The zero-order valence-electron chi connectivity index (χ0n) is 11.0. The fraction of sp³-hybridized carbons (Fsp3) is 0.500. The van der Waals surface area contributed by atoms with Crippen LogP contribution in [0.25, 0.3) is 0 Å². The first-order valence-corrected chi connectivity index (χ1v) is 6.08. The van der Waals surface area contributed by atoms with E-state index in [1.165, 1.54) is 0 Å². The average Bonchev–Trinajstić information content (AvgIpc) is 2.25. The molecule has 1 atom stereocenters. The summed E-state index contributed by atoms with van der Waals surface area (Å²) in [5.74, 6) is 0.746. The molecular weight excluding hydrogens is 236 g/mol. The minimum Gasteiger partial charge on any atom is -0.496 e. The fourth-order valence-corrected chi connectivity index (χ4v) is 1.80. The van der Waals surface area contributed by atoms with Gasteiger partial charge in [0.05, 0.1) is 12.5 Å². The van der Waals surface area contributed by atoms with Crippen molar-refractivity contribution in [1.29, 1.82) is 0 Å². The molecule has 0 spiro atoms. The summed E-state index contributed by atoms with van der Waals surface area (Å²) in [6.07, 6.45) is 0. The van der Waals surface area contributed by atoms with Crippen molar-refractivity contribution in [3.8, 4) is 5.75 Å². The Morgan fingerprint density at radius 2 is 1.94 bits per heavy atom. The van der Waals surface area contributed by atoms with Crippen LogP contribution in [0.5, 0.6) is 5.75 Å². The van der Waals surface area contributed by atoms with Gasteiger partial charge in [-0.05, 0) is 30.5 Å². The molecule has 0 saturated heterocycles. The molecular formula is C14H19ClO2. The van der Waals surface area contributed by atoms with E-state index in [9.17, 15) is 4.79 Å². The van der Waals surface area contributed by atoms with Crippen LogP contribution in [0.15, 0.2) is 18.2 Å². The minimum atomic E-state index is -0.504. The molecule has 1 aromatic rings. The first-order chi connectivity index (χ1) is 7.77. The molecule has 0 aliphatic carbocycles. The first kappa shape index (κ1) is 14.0. The standard InChI is InChI=1S/C14H19ClO2/c1-9(15)13(16)10-6-7-12(17-5)11(8-10)14(2,3)4/h6-9H,1-5H3. The number of halogens is 1. The summed E-state index contributed by atoms with van der Waals surface area (Å²) < 4.78 is 5.32. The van der Waals surface area contributed by atoms with Crippen LogP contribution in [0.4, 0.5) is 0 Å². The van der Waals surface area contributed by atoms with Crippen LogP contribution < -0.4 is 4.74 Å². The van der Waals surface area contributed by atoms with Crippen molar-refractivity contribution in [2.75, 3.05) is 7.11 Å². The van der Waals surface area contributed by atoms with Crippen molar-refractivity contribution in [3.63, 3.8) is 0 Å². The van der Waals surface area contributed by atoms with E-state index >= 15 is 0 Å². The number of Topliss-reactive ketones (excluding diaryl/α,β-unsaturated/α-hetero) is 1. The molecule has 0 aliphatic heterocycles. The molecule has 0 saturated carbocycles. The number of hydrogen-bond acceptors (Lipinski definition) is 2. The molecule has 0 N–H and O–H groups in total. The fourth-order valence-electron chi connectivity index (χ4n) is 1.68. The van der Waals surface area contributed by atoms with E-state index < -0.39 is 5.38 Å². The second kappa shape index (κ2) is 5.09. The number of rotatable bonds is 3. The van der Waals surface area contributed by atoms with Gasteiger partial charge in [-0.2, -0.15) is 0 Å². The van der Waals surface area contributed by atoms with Gasteiger partial charge in [-0.25, -0.2) is 0 Å². The van der Waals surface area contributed by atoms with E-state index in [1.807, 2.05) is 12.1 Å². The Morgan fingerprint density at radius 3 is 2.35 bits per heavy atom. The number of methoxy groups -OCH3 is 1. The quantitative estimate of drug-likeness (QED) is 0.606. The summed E-state index contributed by atoms with van der Waals surface area (Å²) >= 11 is 5.82. The Hall–Kier alpha value is -1.02. The van der Waals surface area contributed by atoms with Crippen molar-refractivity contribution < 1.29 is 9.53 Å². The van der Waals surface area contributed by atoms with E-state index in [2.05, 4.69) is 20.8 Å². The van der Waals surface area contributed by atoms with Gasteiger partial charge < -0.3 is 4.74 Å². The predicted octanol–water partition coefficient (Wildman–Crippen LogP) is 3.80. The highest BCUT2D eigenvalue weighted by atomic mass is 35.5. The maximum Gasteiger partial charge on any atom is 0.180 e. The number of carbonyl (C=O) groups excluding carboxylic acids is 1. The SMILES string of the molecule is COc1ccc(C(=O)C(C)Cl)cc1C(C)(C)C. The molecule has 94 valence electrons. The largest absolute Gasteiger partial charge is 0.496 e. The van der Waals surface area contributed by atoms with E-state index in [0.717, 1.165) is 11.3 Å². The zero-order valence-corrected chi connectivity index (χ0v) is 11.8. The molecule has 0 amide bonds. The van der Waals surface area contributed by atoms with E-state index in [1.54, 1.807) is 20.1 Å². The van der Waals surface area contributed by atoms with Gasteiger partial charge in [0.1, 0.15) is 5.75 Å². The van der Waals surface area contributed by atoms with Gasteiger partial charge in [-0.3, -0.25) is 4.79 Å². The van der Waals surface area contributed by atoms with Gasteiger partial charge >= 0.3 is 0 Å². The molecule has 0 radical (unpaired) electrons. The lowest BCUT2D eigenvalue weighted by atomic mass is 9.85. The van der Waals surface area contributed by atoms with Crippen LogP contribution in [-0.2, 0) is 5.41 Å². The van der Waals surface area contributed by atoms with Gasteiger partial charge in [-0.1, -0.05) is 20.8 Å². The Labute approximate surface area is 108 Å². The summed E-state index contributed by atoms with van der Waals surface area (Å²) in [5, 5.41) is -0.504. The average molecular weight is 255 g/mol. The van der Waals surface area contributed by atoms with Crippen LogP contribution in [0, 0.1) is 0 Å². The zero-order chi connectivity index (χ0) is 13.2. The lowest BCUT2D eigenvalue weighted by Crippen LogP contribution is -2.16. The maximum atomic E-state index is 11.9. The lowest BCUT2D eigenvalue weighted by molar-refractivity contribution is 0.0991. The molecule has 1 unspecified atom stereocenters. The van der Waals surface area contributed by atoms with Crippen molar-refractivity contribution >= 4 is 17.4 Å². The summed E-state index contributed by atoms with van der Waals surface area (Å²) in [6.45, 7) is 7.95. The molecule has 0 aromatic heterocycles. The van der Waals surface area contributed by atoms with Crippen molar-refractivity contribution in [3.05, 3.63) is 29.3 Å². The number of hydrogen-bond donors (Lipinski definition) is 0. The molecule has 1 rings (SSSR count). The predicted molar refractivity (Wildman–Crippen MR) is 71.3 cm³/mol. The summed E-state index contributed by atoms with van der Waals surface area (Å²) in [6, 6.07) is 5.46. The Kier molecular flexibility index (Phi) is 4.21. The van der Waals surface area contributed by atoms with Gasteiger partial charge in [0, 0.05) is 11.1 Å². The molecule has 0 aliphatic rings. The number of ketones is 1. The number of benzene rings is 1. The topological polar surface area (TPSA) is 26.3 Å². The van der Waals surface area contributed by atoms with Crippen LogP contribution in [0.1, 0.15) is 43.6 Å². The molecule has 0 fully saturated rings. The highest BCUT2D eigenvalue weighted by Gasteiger charge is 2.21. The number of ether oxygens (including phenoxy) is 1. The monoisotopic (exact) mass is 254 g/mol. The van der Waals surface area contributed by atoms with Crippen molar-refractivity contribution in [1.82, 2.24) is 0 Å². The smallest absolute Gasteiger partial charge is 0.180 e. The van der Waals surface area contributed by atoms with E-state index in [0.29, 0.717) is 5.56 Å². The van der Waals surface area contributed by atoms with Gasteiger partial charge in [-0.15, -0.1) is 11.6 Å². The molecule has 2 nitrogen and oxygen atoms in total.